The summed E-state index contributed by atoms with van der Waals surface area (Å²) in [7, 11) is 1.46. The molecule has 0 aromatic heterocycles. The molecule has 7 atom stereocenters. The summed E-state index contributed by atoms with van der Waals surface area (Å²) in [4.78, 5) is 11.0. The van der Waals surface area contributed by atoms with Crippen LogP contribution >= 0.6 is 23.2 Å². The molecule has 4 N–H and O–H groups in total. The fourth-order valence-corrected chi connectivity index (χ4v) is 4.46. The lowest BCUT2D eigenvalue weighted by Gasteiger charge is -2.35. The first-order valence-electron chi connectivity index (χ1n) is 9.22. The Morgan fingerprint density at radius 1 is 1.31 bits per heavy atom. The standard InChI is InChI=1S/C18H22Cl2N4O5/c1-28-23-16-9-4-5-24(17(9)22-7-21-16)18-14(27)13(26)15(29-18)12(25)8-2-3-10(19)11(20)6-8/h2-3,6-7,9,12-15,17-18,25-27H,4-5H2,1H3,(H,21,22,23)/t9?,12-,13+,14-,15-,17?,18-/m1/s1. The Balaban J connectivity index is 1.52. The van der Waals surface area contributed by atoms with E-state index in [0.717, 1.165) is 6.42 Å². The van der Waals surface area contributed by atoms with Crippen molar-refractivity contribution in [3.63, 3.8) is 0 Å². The van der Waals surface area contributed by atoms with Crippen LogP contribution in [0.15, 0.2) is 28.3 Å². The predicted molar refractivity (Wildman–Crippen MR) is 107 cm³/mol. The van der Waals surface area contributed by atoms with Crippen LogP contribution in [0.4, 0.5) is 0 Å². The maximum Gasteiger partial charge on any atom is 0.175 e. The van der Waals surface area contributed by atoms with Gasteiger partial charge < -0.3 is 30.2 Å². The van der Waals surface area contributed by atoms with Crippen molar-refractivity contribution in [2.45, 2.75) is 43.2 Å². The summed E-state index contributed by atoms with van der Waals surface area (Å²) in [6.07, 6.45) is -3.51. The predicted octanol–water partition coefficient (Wildman–Crippen LogP) is 0.713. The van der Waals surface area contributed by atoms with Gasteiger partial charge in [-0.1, -0.05) is 34.4 Å². The van der Waals surface area contributed by atoms with Gasteiger partial charge in [-0.15, -0.1) is 0 Å². The third-order valence-corrected chi connectivity index (χ3v) is 6.33. The first-order chi connectivity index (χ1) is 13.9. The van der Waals surface area contributed by atoms with Gasteiger partial charge >= 0.3 is 0 Å². The molecule has 0 bridgehead atoms. The van der Waals surface area contributed by atoms with Crippen LogP contribution in [0.3, 0.4) is 0 Å². The van der Waals surface area contributed by atoms with Crippen molar-refractivity contribution >= 4 is 35.4 Å². The van der Waals surface area contributed by atoms with Crippen LogP contribution in [0.25, 0.3) is 0 Å². The third kappa shape index (κ3) is 3.72. The lowest BCUT2D eigenvalue weighted by Crippen LogP contribution is -2.55. The van der Waals surface area contributed by atoms with Crippen molar-refractivity contribution in [2.24, 2.45) is 16.1 Å². The van der Waals surface area contributed by atoms with Crippen LogP contribution in [-0.2, 0) is 9.57 Å². The number of oxime groups is 1. The van der Waals surface area contributed by atoms with Crippen LogP contribution in [0, 0.1) is 5.92 Å². The van der Waals surface area contributed by atoms with Gasteiger partial charge in [0.1, 0.15) is 37.8 Å². The molecule has 2 fully saturated rings. The molecule has 0 radical (unpaired) electrons. The molecule has 3 aliphatic heterocycles. The lowest BCUT2D eigenvalue weighted by molar-refractivity contribution is -0.122. The summed E-state index contributed by atoms with van der Waals surface area (Å²) < 4.78 is 5.94. The highest BCUT2D eigenvalue weighted by molar-refractivity contribution is 6.42. The van der Waals surface area contributed by atoms with Crippen molar-refractivity contribution in [3.05, 3.63) is 33.8 Å². The van der Waals surface area contributed by atoms with E-state index in [0.29, 0.717) is 23.0 Å². The number of aliphatic hydroxyl groups excluding tert-OH is 3. The van der Waals surface area contributed by atoms with E-state index in [2.05, 4.69) is 15.5 Å². The van der Waals surface area contributed by atoms with Gasteiger partial charge in [0, 0.05) is 6.54 Å². The highest BCUT2D eigenvalue weighted by Gasteiger charge is 2.53. The van der Waals surface area contributed by atoms with Crippen molar-refractivity contribution in [1.82, 2.24) is 10.2 Å². The molecule has 0 saturated carbocycles. The molecule has 9 nitrogen and oxygen atoms in total. The molecule has 2 saturated heterocycles. The number of ether oxygens (including phenoxy) is 1. The minimum absolute atomic E-state index is 0.0491. The minimum atomic E-state index is -1.28. The monoisotopic (exact) mass is 444 g/mol. The summed E-state index contributed by atoms with van der Waals surface area (Å²) in [6, 6.07) is 4.68. The molecule has 1 aromatic carbocycles. The van der Waals surface area contributed by atoms with E-state index in [-0.39, 0.29) is 17.1 Å². The Morgan fingerprint density at radius 2 is 2.10 bits per heavy atom. The molecule has 29 heavy (non-hydrogen) atoms. The second-order valence-corrected chi connectivity index (χ2v) is 8.04. The fraction of sp³-hybridized carbons (Fsp3) is 0.556. The van der Waals surface area contributed by atoms with E-state index in [1.165, 1.54) is 19.5 Å². The second-order valence-electron chi connectivity index (χ2n) is 7.23. The lowest BCUT2D eigenvalue weighted by atomic mass is 9.99. The van der Waals surface area contributed by atoms with Gasteiger partial charge in [0.15, 0.2) is 5.84 Å². The van der Waals surface area contributed by atoms with Gasteiger partial charge in [0.25, 0.3) is 0 Å². The van der Waals surface area contributed by atoms with Crippen molar-refractivity contribution in [1.29, 1.82) is 0 Å². The van der Waals surface area contributed by atoms with Crippen LogP contribution in [0.5, 0.6) is 0 Å². The molecule has 3 aliphatic rings. The number of halogens is 2. The average molecular weight is 445 g/mol. The number of aliphatic imine (C=N–C) groups is 1. The van der Waals surface area contributed by atoms with Crippen LogP contribution in [0.2, 0.25) is 10.0 Å². The third-order valence-electron chi connectivity index (χ3n) is 5.59. The van der Waals surface area contributed by atoms with Crippen LogP contribution < -0.4 is 5.32 Å². The summed E-state index contributed by atoms with van der Waals surface area (Å²) in [5.41, 5.74) is 0.438. The Labute approximate surface area is 177 Å². The van der Waals surface area contributed by atoms with Gasteiger partial charge in [-0.05, 0) is 24.1 Å². The van der Waals surface area contributed by atoms with Crippen molar-refractivity contribution in [2.75, 3.05) is 13.7 Å². The van der Waals surface area contributed by atoms with Crippen molar-refractivity contribution in [3.8, 4) is 0 Å². The number of nitrogens with zero attached hydrogens (tertiary/aromatic N) is 3. The number of hydrogen-bond donors (Lipinski definition) is 4. The molecular formula is C18H22Cl2N4O5. The zero-order valence-corrected chi connectivity index (χ0v) is 17.0. The molecule has 4 rings (SSSR count). The van der Waals surface area contributed by atoms with E-state index < -0.39 is 30.6 Å². The zero-order valence-electron chi connectivity index (χ0n) is 15.5. The average Bonchev–Trinajstić information content (AvgIpc) is 3.26. The number of likely N-dealkylation sites (tertiary alicyclic amines) is 1. The molecule has 2 unspecified atom stereocenters. The first-order valence-corrected chi connectivity index (χ1v) is 9.98. The van der Waals surface area contributed by atoms with Gasteiger partial charge in [0.2, 0.25) is 0 Å². The topological polar surface area (TPSA) is 119 Å². The maximum atomic E-state index is 10.7. The highest BCUT2D eigenvalue weighted by atomic mass is 35.5. The van der Waals surface area contributed by atoms with E-state index in [4.69, 9.17) is 32.8 Å². The van der Waals surface area contributed by atoms with Crippen LogP contribution in [0.1, 0.15) is 18.1 Å². The Morgan fingerprint density at radius 3 is 2.83 bits per heavy atom. The van der Waals surface area contributed by atoms with Crippen LogP contribution in [-0.4, -0.2) is 76.8 Å². The number of amidine groups is 1. The minimum Gasteiger partial charge on any atom is -0.398 e. The number of rotatable bonds is 4. The molecule has 0 amide bonds. The Bertz CT molecular complexity index is 825. The van der Waals surface area contributed by atoms with E-state index >= 15 is 0 Å². The molecule has 11 heteroatoms. The summed E-state index contributed by atoms with van der Waals surface area (Å²) in [5.74, 6) is 0.506. The first kappa shape index (κ1) is 20.8. The maximum absolute atomic E-state index is 10.7. The smallest absolute Gasteiger partial charge is 0.175 e. The quantitative estimate of drug-likeness (QED) is 0.504. The normalized spacial score (nSPS) is 36.8. The van der Waals surface area contributed by atoms with E-state index in [9.17, 15) is 15.3 Å². The largest absolute Gasteiger partial charge is 0.398 e. The van der Waals surface area contributed by atoms with Gasteiger partial charge in [-0.2, -0.15) is 0 Å². The van der Waals surface area contributed by atoms with E-state index in [1.807, 2.05) is 4.90 Å². The SMILES string of the molecule is CO/N=C1\N=CNC2C1CCN2[C@@H]1O[C@H]([C@H](O)c2ccc(Cl)c(Cl)c2)[C@@H](O)[C@H]1O. The molecule has 3 heterocycles. The fourth-order valence-electron chi connectivity index (χ4n) is 4.15. The number of hydrogen-bond acceptors (Lipinski definition) is 8. The number of aliphatic hydroxyl groups is 3. The molecule has 0 aliphatic carbocycles. The van der Waals surface area contributed by atoms with Gasteiger partial charge in [-0.25, -0.2) is 4.99 Å². The summed E-state index contributed by atoms with van der Waals surface area (Å²) >= 11 is 12.0. The number of benzene rings is 1. The van der Waals surface area contributed by atoms with E-state index in [1.54, 1.807) is 12.1 Å². The Hall–Kier alpha value is -1.46. The number of nitrogens with one attached hydrogen (secondary N) is 1. The highest BCUT2D eigenvalue weighted by Crippen LogP contribution is 2.38. The number of fused-ring (bicyclic) bond motifs is 1. The molecule has 158 valence electrons. The van der Waals surface area contributed by atoms with Gasteiger partial charge in [-0.3, -0.25) is 4.90 Å². The van der Waals surface area contributed by atoms with Gasteiger partial charge in [0.05, 0.1) is 28.5 Å². The summed E-state index contributed by atoms with van der Waals surface area (Å²) in [5, 5.41) is 39.7. The zero-order chi connectivity index (χ0) is 20.7. The second kappa shape index (κ2) is 8.35. The molecule has 0 spiro atoms. The van der Waals surface area contributed by atoms with Crippen molar-refractivity contribution < 1.29 is 24.9 Å². The summed E-state index contributed by atoms with van der Waals surface area (Å²) in [6.45, 7) is 0.582. The molecular weight excluding hydrogens is 423 g/mol. The molecule has 1 aromatic rings. The Kier molecular flexibility index (Phi) is 5.99.